The molecule has 0 aromatic rings. The first-order chi connectivity index (χ1) is 17.6. The number of rotatable bonds is 20. The molecule has 0 saturated heterocycles. The van der Waals surface area contributed by atoms with E-state index >= 15 is 0 Å². The van der Waals surface area contributed by atoms with E-state index in [0.717, 1.165) is 26.1 Å². The van der Waals surface area contributed by atoms with Crippen LogP contribution in [0.2, 0.25) is 0 Å². The molecule has 38 heavy (non-hydrogen) atoms. The van der Waals surface area contributed by atoms with Gasteiger partial charge in [-0.15, -0.1) is 0 Å². The van der Waals surface area contributed by atoms with E-state index in [9.17, 15) is 9.59 Å². The molecule has 0 atom stereocenters. The minimum Gasteiger partial charge on any atom is -0.458 e. The van der Waals surface area contributed by atoms with E-state index in [2.05, 4.69) is 13.8 Å². The molecular formula is C28H56O10. The molecule has 10 nitrogen and oxygen atoms in total. The second kappa shape index (κ2) is 22.5. The minimum atomic E-state index is -0.963. The van der Waals surface area contributed by atoms with Gasteiger partial charge in [0.05, 0.1) is 52.9 Å². The maximum Gasteiger partial charge on any atom is 0.338 e. The lowest BCUT2D eigenvalue weighted by Gasteiger charge is -2.28. The molecule has 0 aromatic heterocycles. The van der Waals surface area contributed by atoms with Crippen LogP contribution in [0, 0.1) is 0 Å². The molecule has 0 saturated carbocycles. The SMILES string of the molecule is CCCOCCOCCOC(C)(C)C(=O)OC(C)(C)C.CCCOCCOCCOCC(=O)OC(C)(C)C. The van der Waals surface area contributed by atoms with Crippen LogP contribution in [0.15, 0.2) is 0 Å². The van der Waals surface area contributed by atoms with Crippen molar-refractivity contribution in [3.8, 4) is 0 Å². The number of carbonyl (C=O) groups is 2. The zero-order valence-corrected chi connectivity index (χ0v) is 25.8. The molecule has 228 valence electrons. The van der Waals surface area contributed by atoms with E-state index in [0.29, 0.717) is 52.9 Å². The van der Waals surface area contributed by atoms with Crippen LogP contribution < -0.4 is 0 Å². The maximum atomic E-state index is 11.9. The Labute approximate surface area is 231 Å². The monoisotopic (exact) mass is 552 g/mol. The summed E-state index contributed by atoms with van der Waals surface area (Å²) in [6, 6.07) is 0. The van der Waals surface area contributed by atoms with Crippen molar-refractivity contribution >= 4 is 11.9 Å². The molecular weight excluding hydrogens is 496 g/mol. The minimum absolute atomic E-state index is 0.0348. The van der Waals surface area contributed by atoms with Crippen molar-refractivity contribution in [2.45, 2.75) is 98.9 Å². The quantitative estimate of drug-likeness (QED) is 0.160. The molecule has 0 aromatic carbocycles. The van der Waals surface area contributed by atoms with E-state index in [1.165, 1.54) is 0 Å². The standard InChI is InChI=1S/C15H30O5.C13H26O5/c1-7-8-17-9-10-18-11-12-19-15(5,6)13(16)20-14(2,3)4;1-5-6-15-7-8-16-9-10-17-11-12(14)18-13(2,3)4/h7-12H2,1-6H3;5-11H2,1-4H3. The first-order valence-corrected chi connectivity index (χ1v) is 13.6. The lowest BCUT2D eigenvalue weighted by molar-refractivity contribution is -0.181. The van der Waals surface area contributed by atoms with Crippen molar-refractivity contribution in [2.75, 3.05) is 72.7 Å². The van der Waals surface area contributed by atoms with E-state index in [1.54, 1.807) is 13.8 Å². The van der Waals surface area contributed by atoms with Gasteiger partial charge in [-0.25, -0.2) is 9.59 Å². The average Bonchev–Trinajstić information content (AvgIpc) is 2.78. The fourth-order valence-electron chi connectivity index (χ4n) is 2.39. The molecule has 0 unspecified atom stereocenters. The fraction of sp³-hybridized carbons (Fsp3) is 0.929. The maximum absolute atomic E-state index is 11.9. The van der Waals surface area contributed by atoms with Crippen LogP contribution in [0.25, 0.3) is 0 Å². The van der Waals surface area contributed by atoms with Crippen molar-refractivity contribution in [1.29, 1.82) is 0 Å². The van der Waals surface area contributed by atoms with Crippen LogP contribution >= 0.6 is 0 Å². The third kappa shape index (κ3) is 29.3. The molecule has 0 heterocycles. The highest BCUT2D eigenvalue weighted by Crippen LogP contribution is 2.17. The Morgan fingerprint density at radius 3 is 1.26 bits per heavy atom. The van der Waals surface area contributed by atoms with Crippen molar-refractivity contribution < 1.29 is 47.5 Å². The lowest BCUT2D eigenvalue weighted by Crippen LogP contribution is -2.41. The van der Waals surface area contributed by atoms with E-state index < -0.39 is 16.8 Å². The van der Waals surface area contributed by atoms with Crippen LogP contribution in [0.5, 0.6) is 0 Å². The average molecular weight is 553 g/mol. The van der Waals surface area contributed by atoms with Gasteiger partial charge in [-0.2, -0.15) is 0 Å². The second-order valence-electron chi connectivity index (χ2n) is 10.9. The van der Waals surface area contributed by atoms with E-state index in [4.69, 9.17) is 37.9 Å². The van der Waals surface area contributed by atoms with E-state index in [1.807, 2.05) is 41.5 Å². The largest absolute Gasteiger partial charge is 0.458 e. The molecule has 0 amide bonds. The summed E-state index contributed by atoms with van der Waals surface area (Å²) in [4.78, 5) is 23.2. The Kier molecular flexibility index (Phi) is 23.0. The van der Waals surface area contributed by atoms with Gasteiger partial charge in [0.25, 0.3) is 0 Å². The summed E-state index contributed by atoms with van der Waals surface area (Å²) in [5.74, 6) is -0.718. The third-order valence-corrected chi connectivity index (χ3v) is 4.03. The van der Waals surface area contributed by atoms with Gasteiger partial charge in [-0.1, -0.05) is 13.8 Å². The van der Waals surface area contributed by atoms with Crippen LogP contribution in [0.4, 0.5) is 0 Å². The van der Waals surface area contributed by atoms with Crippen LogP contribution in [-0.4, -0.2) is 101 Å². The Balaban J connectivity index is 0. The summed E-state index contributed by atoms with van der Waals surface area (Å²) in [6.45, 7) is 23.9. The highest BCUT2D eigenvalue weighted by atomic mass is 16.6. The molecule has 0 aliphatic heterocycles. The zero-order chi connectivity index (χ0) is 29.5. The molecule has 10 heteroatoms. The number of ether oxygens (including phenoxy) is 8. The first kappa shape index (κ1) is 38.8. The van der Waals surface area contributed by atoms with Gasteiger partial charge in [0.1, 0.15) is 17.8 Å². The molecule has 0 radical (unpaired) electrons. The summed E-state index contributed by atoms with van der Waals surface area (Å²) in [6.07, 6.45) is 2.02. The first-order valence-electron chi connectivity index (χ1n) is 13.6. The lowest BCUT2D eigenvalue weighted by atomic mass is 10.1. The Morgan fingerprint density at radius 1 is 0.500 bits per heavy atom. The Morgan fingerprint density at radius 2 is 0.868 bits per heavy atom. The summed E-state index contributed by atoms with van der Waals surface area (Å²) >= 11 is 0. The van der Waals surface area contributed by atoms with Crippen LogP contribution in [0.1, 0.15) is 82.1 Å². The van der Waals surface area contributed by atoms with Gasteiger partial charge < -0.3 is 37.9 Å². The van der Waals surface area contributed by atoms with Gasteiger partial charge in [0, 0.05) is 13.2 Å². The Hall–Kier alpha value is -1.30. The zero-order valence-electron chi connectivity index (χ0n) is 25.8. The molecule has 0 fully saturated rings. The van der Waals surface area contributed by atoms with Gasteiger partial charge in [-0.3, -0.25) is 0 Å². The predicted octanol–water partition coefficient (Wildman–Crippen LogP) is 4.35. The predicted molar refractivity (Wildman–Crippen MR) is 146 cm³/mol. The summed E-state index contributed by atoms with van der Waals surface area (Å²) < 4.78 is 42.2. The molecule has 0 N–H and O–H groups in total. The number of carbonyl (C=O) groups excluding carboxylic acids is 2. The molecule has 0 aliphatic carbocycles. The summed E-state index contributed by atoms with van der Waals surface area (Å²) in [5, 5.41) is 0. The number of hydrogen-bond acceptors (Lipinski definition) is 10. The van der Waals surface area contributed by atoms with Crippen molar-refractivity contribution in [2.24, 2.45) is 0 Å². The van der Waals surface area contributed by atoms with Crippen molar-refractivity contribution in [3.05, 3.63) is 0 Å². The second-order valence-corrected chi connectivity index (χ2v) is 10.9. The number of esters is 2. The van der Waals surface area contributed by atoms with Gasteiger partial charge >= 0.3 is 11.9 Å². The number of hydrogen-bond donors (Lipinski definition) is 0. The van der Waals surface area contributed by atoms with Crippen LogP contribution in [0.3, 0.4) is 0 Å². The van der Waals surface area contributed by atoms with Crippen LogP contribution in [-0.2, 0) is 47.5 Å². The smallest absolute Gasteiger partial charge is 0.338 e. The summed E-state index contributed by atoms with van der Waals surface area (Å²) in [7, 11) is 0. The van der Waals surface area contributed by atoms with E-state index in [-0.39, 0.29) is 18.5 Å². The Bertz CT molecular complexity index is 579. The van der Waals surface area contributed by atoms with Gasteiger partial charge in [0.15, 0.2) is 5.60 Å². The van der Waals surface area contributed by atoms with Crippen molar-refractivity contribution in [3.63, 3.8) is 0 Å². The molecule has 0 rings (SSSR count). The topological polar surface area (TPSA) is 108 Å². The third-order valence-electron chi connectivity index (χ3n) is 4.03. The highest BCUT2D eigenvalue weighted by molar-refractivity contribution is 5.78. The molecule has 0 bridgehead atoms. The normalized spacial score (nSPS) is 12.1. The summed E-state index contributed by atoms with van der Waals surface area (Å²) in [5.41, 5.74) is -1.94. The molecule has 0 spiro atoms. The van der Waals surface area contributed by atoms with Crippen molar-refractivity contribution in [1.82, 2.24) is 0 Å². The highest BCUT2D eigenvalue weighted by Gasteiger charge is 2.33. The fourth-order valence-corrected chi connectivity index (χ4v) is 2.39. The van der Waals surface area contributed by atoms with Gasteiger partial charge in [-0.05, 0) is 68.2 Å². The van der Waals surface area contributed by atoms with Gasteiger partial charge in [0.2, 0.25) is 0 Å². The molecule has 0 aliphatic rings.